The van der Waals surface area contributed by atoms with Crippen LogP contribution in [0.2, 0.25) is 0 Å². The van der Waals surface area contributed by atoms with Crippen molar-refractivity contribution in [1.29, 1.82) is 0 Å². The molecule has 1 aliphatic heterocycles. The van der Waals surface area contributed by atoms with Gasteiger partial charge in [0.05, 0.1) is 16.1 Å². The molecule has 182 valence electrons. The minimum atomic E-state index is -4.05. The van der Waals surface area contributed by atoms with Crippen LogP contribution in [-0.4, -0.2) is 43.4 Å². The van der Waals surface area contributed by atoms with Crippen LogP contribution in [0.25, 0.3) is 20.2 Å². The first-order valence-corrected chi connectivity index (χ1v) is 13.5. The highest BCUT2D eigenvalue weighted by Gasteiger charge is 2.51. The van der Waals surface area contributed by atoms with Gasteiger partial charge in [-0.25, -0.2) is 8.42 Å². The van der Waals surface area contributed by atoms with E-state index in [-0.39, 0.29) is 4.90 Å². The molecule has 0 aliphatic carbocycles. The molecule has 0 spiro atoms. The van der Waals surface area contributed by atoms with Crippen LogP contribution >= 0.6 is 11.3 Å². The van der Waals surface area contributed by atoms with E-state index >= 15 is 0 Å². The van der Waals surface area contributed by atoms with Gasteiger partial charge in [-0.15, -0.1) is 11.3 Å². The highest BCUT2D eigenvalue weighted by Crippen LogP contribution is 2.38. The molecule has 1 aromatic heterocycles. The molecule has 1 saturated heterocycles. The Kier molecular flexibility index (Phi) is 5.93. The van der Waals surface area contributed by atoms with Crippen LogP contribution in [0.5, 0.6) is 0 Å². The van der Waals surface area contributed by atoms with E-state index in [9.17, 15) is 18.3 Å². The number of carboxylic acids is 1. The molecule has 0 radical (unpaired) electrons. The smallest absolute Gasteiger partial charge is 0.480 e. The number of sulfonamides is 1. The largest absolute Gasteiger partial charge is 0.494 e. The van der Waals surface area contributed by atoms with E-state index in [0.29, 0.717) is 0 Å². The Balaban J connectivity index is 1.71. The number of rotatable bonds is 6. The summed E-state index contributed by atoms with van der Waals surface area (Å²) in [5.74, 6) is -1.66. The molecule has 4 rings (SSSR count). The van der Waals surface area contributed by atoms with E-state index in [1.807, 2.05) is 45.9 Å². The Hall–Kier alpha value is -1.98. The van der Waals surface area contributed by atoms with E-state index in [0.717, 1.165) is 25.6 Å². The van der Waals surface area contributed by atoms with E-state index in [2.05, 4.69) is 4.72 Å². The molecule has 34 heavy (non-hydrogen) atoms. The molecule has 1 fully saturated rings. The lowest BCUT2D eigenvalue weighted by molar-refractivity contribution is -0.145. The normalized spacial score (nSPS) is 19.7. The zero-order valence-electron chi connectivity index (χ0n) is 20.4. The number of hydrogen-bond donors (Lipinski definition) is 2. The highest BCUT2D eigenvalue weighted by atomic mass is 32.2. The number of thiophene rings is 1. The number of carboxylic acid groups (broad SMARTS) is 1. The van der Waals surface area contributed by atoms with Crippen LogP contribution in [0.4, 0.5) is 0 Å². The van der Waals surface area contributed by atoms with Gasteiger partial charge in [-0.05, 0) is 64.2 Å². The second-order valence-electron chi connectivity index (χ2n) is 10.4. The monoisotopic (exact) mass is 503 g/mol. The molecule has 1 atom stereocenters. The number of fused-ring (bicyclic) bond motifs is 3. The first-order chi connectivity index (χ1) is 15.6. The Morgan fingerprint density at radius 3 is 2.09 bits per heavy atom. The van der Waals surface area contributed by atoms with Gasteiger partial charge in [0, 0.05) is 20.2 Å². The van der Waals surface area contributed by atoms with Crippen molar-refractivity contribution in [2.75, 3.05) is 0 Å². The molecule has 10 heteroatoms. The van der Waals surface area contributed by atoms with Crippen LogP contribution < -0.4 is 10.2 Å². The van der Waals surface area contributed by atoms with Crippen molar-refractivity contribution in [2.45, 2.75) is 70.1 Å². The molecule has 2 aromatic carbocycles. The Bertz CT molecular complexity index is 1380. The van der Waals surface area contributed by atoms with Crippen molar-refractivity contribution < 1.29 is 27.6 Å². The van der Waals surface area contributed by atoms with Gasteiger partial charge < -0.3 is 14.4 Å². The second kappa shape index (κ2) is 8.03. The molecular weight excluding hydrogens is 473 g/mol. The zero-order chi connectivity index (χ0) is 25.3. The average Bonchev–Trinajstić information content (AvgIpc) is 3.19. The molecule has 0 saturated carbocycles. The lowest BCUT2D eigenvalue weighted by atomic mass is 9.79. The van der Waals surface area contributed by atoms with Crippen LogP contribution in [-0.2, 0) is 24.1 Å². The van der Waals surface area contributed by atoms with Crippen LogP contribution in [0, 0.1) is 5.92 Å². The summed E-state index contributed by atoms with van der Waals surface area (Å²) in [7, 11) is -4.53. The second-order valence-corrected chi connectivity index (χ2v) is 13.1. The summed E-state index contributed by atoms with van der Waals surface area (Å²) >= 11 is 1.48. The first-order valence-electron chi connectivity index (χ1n) is 11.2. The maximum Gasteiger partial charge on any atom is 0.494 e. The topological polar surface area (TPSA) is 102 Å². The van der Waals surface area contributed by atoms with Crippen molar-refractivity contribution >= 4 is 60.1 Å². The number of hydrogen-bond acceptors (Lipinski definition) is 6. The zero-order valence-corrected chi connectivity index (χ0v) is 22.1. The third-order valence-corrected chi connectivity index (χ3v) is 9.93. The fourth-order valence-corrected chi connectivity index (χ4v) is 6.60. The van der Waals surface area contributed by atoms with Gasteiger partial charge in [0.25, 0.3) is 0 Å². The summed E-state index contributed by atoms with van der Waals surface area (Å²) in [6.07, 6.45) is 0. The van der Waals surface area contributed by atoms with Crippen molar-refractivity contribution in [2.24, 2.45) is 5.92 Å². The Morgan fingerprint density at radius 2 is 1.56 bits per heavy atom. The summed E-state index contributed by atoms with van der Waals surface area (Å²) in [6.45, 7) is 12.8. The SMILES string of the molecule is CC(C)[C@](C)(NS(=O)(=O)c1ccc2c(c1)sc1cc(B3OC(C)(C)C(C)(C)O3)ccc12)C(=O)O. The Labute approximate surface area is 204 Å². The van der Waals surface area contributed by atoms with E-state index < -0.39 is 45.8 Å². The molecule has 7 nitrogen and oxygen atoms in total. The average molecular weight is 503 g/mol. The number of benzene rings is 2. The van der Waals surface area contributed by atoms with Crippen molar-refractivity contribution in [3.05, 3.63) is 36.4 Å². The van der Waals surface area contributed by atoms with Gasteiger partial charge in [-0.1, -0.05) is 32.0 Å². The predicted octanol–water partition coefficient (Wildman–Crippen LogP) is 4.13. The predicted molar refractivity (Wildman–Crippen MR) is 136 cm³/mol. The van der Waals surface area contributed by atoms with E-state index in [1.165, 1.54) is 24.3 Å². The minimum absolute atomic E-state index is 0.0332. The van der Waals surface area contributed by atoms with Crippen LogP contribution in [0.1, 0.15) is 48.5 Å². The molecular formula is C24H30BNO6S2. The van der Waals surface area contributed by atoms with Crippen molar-refractivity contribution in [1.82, 2.24) is 4.72 Å². The van der Waals surface area contributed by atoms with Gasteiger partial charge in [-0.2, -0.15) is 4.72 Å². The van der Waals surface area contributed by atoms with Crippen LogP contribution in [0.15, 0.2) is 41.3 Å². The summed E-state index contributed by atoms with van der Waals surface area (Å²) in [4.78, 5) is 11.8. The van der Waals surface area contributed by atoms with E-state index in [1.54, 1.807) is 26.0 Å². The van der Waals surface area contributed by atoms with Crippen molar-refractivity contribution in [3.8, 4) is 0 Å². The summed E-state index contributed by atoms with van der Waals surface area (Å²) in [5, 5.41) is 11.6. The molecule has 2 N–H and O–H groups in total. The standard InChI is InChI=1S/C24H30BNO6S2/c1-14(2)24(7,21(27)28)26-34(29,30)16-9-11-18-17-10-8-15(12-19(17)33-20(18)13-16)25-31-22(3,4)23(5,6)32-25/h8-14,26H,1-7H3,(H,27,28)/t24-/m0/s1. The number of carbonyl (C=O) groups is 1. The third-order valence-electron chi connectivity index (χ3n) is 7.25. The summed E-state index contributed by atoms with van der Waals surface area (Å²) in [5.41, 5.74) is -1.60. The Morgan fingerprint density at radius 1 is 1.03 bits per heavy atom. The summed E-state index contributed by atoms with van der Waals surface area (Å²) < 4.78 is 42.6. The molecule has 1 aliphatic rings. The van der Waals surface area contributed by atoms with Gasteiger partial charge in [0.15, 0.2) is 0 Å². The third kappa shape index (κ3) is 4.05. The molecule has 0 unspecified atom stereocenters. The number of nitrogens with one attached hydrogen (secondary N) is 1. The quantitative estimate of drug-likeness (QED) is 0.491. The lowest BCUT2D eigenvalue weighted by Crippen LogP contribution is -2.55. The molecule has 3 aromatic rings. The van der Waals surface area contributed by atoms with Gasteiger partial charge in [0.1, 0.15) is 5.54 Å². The van der Waals surface area contributed by atoms with Crippen molar-refractivity contribution in [3.63, 3.8) is 0 Å². The number of aliphatic carboxylic acids is 1. The first kappa shape index (κ1) is 25.1. The van der Waals surface area contributed by atoms with Gasteiger partial charge >= 0.3 is 13.1 Å². The molecule has 0 bridgehead atoms. The van der Waals surface area contributed by atoms with E-state index in [4.69, 9.17) is 9.31 Å². The van der Waals surface area contributed by atoms with Crippen LogP contribution in [0.3, 0.4) is 0 Å². The fourth-order valence-electron chi connectivity index (χ4n) is 3.81. The molecule has 2 heterocycles. The maximum absolute atomic E-state index is 13.1. The molecule has 0 amide bonds. The minimum Gasteiger partial charge on any atom is -0.480 e. The summed E-state index contributed by atoms with van der Waals surface area (Å²) in [6, 6.07) is 10.9. The maximum atomic E-state index is 13.1. The van der Waals surface area contributed by atoms with Gasteiger partial charge in [-0.3, -0.25) is 4.79 Å². The lowest BCUT2D eigenvalue weighted by Gasteiger charge is -2.32. The fraction of sp³-hybridized carbons (Fsp3) is 0.458. The van der Waals surface area contributed by atoms with Gasteiger partial charge in [0.2, 0.25) is 10.0 Å². The highest BCUT2D eigenvalue weighted by molar-refractivity contribution is 7.89.